The van der Waals surface area contributed by atoms with Gasteiger partial charge in [0, 0.05) is 31.4 Å². The lowest BCUT2D eigenvalue weighted by molar-refractivity contribution is 0.208. The van der Waals surface area contributed by atoms with E-state index in [0.29, 0.717) is 17.0 Å². The number of sulfone groups is 1. The molecule has 0 spiro atoms. The Balaban J connectivity index is 1.65. The van der Waals surface area contributed by atoms with Crippen molar-refractivity contribution in [1.82, 2.24) is 9.80 Å². The topological polar surface area (TPSA) is 40.6 Å². The second-order valence-electron chi connectivity index (χ2n) is 6.70. The molecule has 0 aliphatic carbocycles. The van der Waals surface area contributed by atoms with Crippen LogP contribution in [-0.2, 0) is 9.84 Å². The number of hydrogen-bond donors (Lipinski definition) is 0. The third-order valence-corrected chi connectivity index (χ3v) is 6.32. The van der Waals surface area contributed by atoms with Crippen LogP contribution in [0.3, 0.4) is 0 Å². The Morgan fingerprint density at radius 1 is 1.09 bits per heavy atom. The highest BCUT2D eigenvalue weighted by Gasteiger charge is 2.31. The molecule has 1 aromatic carbocycles. The maximum Gasteiger partial charge on any atom is 0.175 e. The van der Waals surface area contributed by atoms with E-state index in [9.17, 15) is 8.42 Å². The van der Waals surface area contributed by atoms with Gasteiger partial charge in [0.2, 0.25) is 0 Å². The Labute approximate surface area is 134 Å². The van der Waals surface area contributed by atoms with Crippen molar-refractivity contribution in [3.05, 3.63) is 29.8 Å². The van der Waals surface area contributed by atoms with Gasteiger partial charge in [0.15, 0.2) is 9.84 Å². The van der Waals surface area contributed by atoms with E-state index in [4.69, 9.17) is 0 Å². The molecule has 1 aromatic rings. The van der Waals surface area contributed by atoms with Gasteiger partial charge in [-0.2, -0.15) is 0 Å². The molecule has 0 amide bonds. The number of benzene rings is 1. The van der Waals surface area contributed by atoms with Crippen LogP contribution in [0.15, 0.2) is 29.2 Å². The third-order valence-electron chi connectivity index (χ3n) is 5.19. The van der Waals surface area contributed by atoms with E-state index < -0.39 is 9.84 Å². The van der Waals surface area contributed by atoms with Gasteiger partial charge in [-0.3, -0.25) is 9.80 Å². The van der Waals surface area contributed by atoms with E-state index in [0.717, 1.165) is 13.1 Å². The third kappa shape index (κ3) is 3.36. The van der Waals surface area contributed by atoms with E-state index in [1.54, 1.807) is 12.1 Å². The fraction of sp³-hybridized carbons (Fsp3) is 0.647. The molecule has 2 aliphatic heterocycles. The predicted octanol–water partition coefficient (Wildman–Crippen LogP) is 2.32. The Hall–Kier alpha value is -0.910. The SMILES string of the molecule is CC(c1ccc(S(C)(=O)=O)cc1)N1CCC(N2CCCC2)C1. The highest BCUT2D eigenvalue weighted by atomic mass is 32.2. The zero-order valence-electron chi connectivity index (χ0n) is 13.5. The monoisotopic (exact) mass is 322 g/mol. The molecule has 0 radical (unpaired) electrons. The zero-order valence-corrected chi connectivity index (χ0v) is 14.3. The van der Waals surface area contributed by atoms with Crippen LogP contribution in [0, 0.1) is 0 Å². The molecule has 3 rings (SSSR count). The van der Waals surface area contributed by atoms with Crippen molar-refractivity contribution in [3.8, 4) is 0 Å². The molecule has 122 valence electrons. The molecular weight excluding hydrogens is 296 g/mol. The zero-order chi connectivity index (χ0) is 15.7. The van der Waals surface area contributed by atoms with E-state index in [-0.39, 0.29) is 0 Å². The summed E-state index contributed by atoms with van der Waals surface area (Å²) < 4.78 is 23.1. The lowest BCUT2D eigenvalue weighted by Gasteiger charge is -2.27. The molecule has 2 unspecified atom stereocenters. The van der Waals surface area contributed by atoms with Crippen molar-refractivity contribution < 1.29 is 8.42 Å². The average molecular weight is 322 g/mol. The summed E-state index contributed by atoms with van der Waals surface area (Å²) in [6.07, 6.45) is 5.20. The Morgan fingerprint density at radius 3 is 2.32 bits per heavy atom. The molecule has 2 heterocycles. The minimum Gasteiger partial charge on any atom is -0.299 e. The first kappa shape index (κ1) is 16.0. The van der Waals surface area contributed by atoms with Gasteiger partial charge < -0.3 is 0 Å². The number of rotatable bonds is 4. The summed E-state index contributed by atoms with van der Waals surface area (Å²) in [4.78, 5) is 5.57. The molecule has 2 atom stereocenters. The van der Waals surface area contributed by atoms with E-state index >= 15 is 0 Å². The summed E-state index contributed by atoms with van der Waals surface area (Å²) in [5.74, 6) is 0. The van der Waals surface area contributed by atoms with Crippen LogP contribution in [0.5, 0.6) is 0 Å². The van der Waals surface area contributed by atoms with Gasteiger partial charge in [0.1, 0.15) is 0 Å². The first-order chi connectivity index (χ1) is 10.4. The fourth-order valence-corrected chi connectivity index (χ4v) is 4.36. The molecule has 22 heavy (non-hydrogen) atoms. The van der Waals surface area contributed by atoms with Crippen molar-refractivity contribution in [2.24, 2.45) is 0 Å². The molecule has 5 heteroatoms. The Bertz CT molecular complexity index is 606. The van der Waals surface area contributed by atoms with E-state index in [1.165, 1.54) is 44.2 Å². The minimum atomic E-state index is -3.10. The Morgan fingerprint density at radius 2 is 1.73 bits per heavy atom. The van der Waals surface area contributed by atoms with Gasteiger partial charge in [0.25, 0.3) is 0 Å². The molecule has 0 aromatic heterocycles. The molecule has 2 fully saturated rings. The lowest BCUT2D eigenvalue weighted by atomic mass is 10.1. The first-order valence-corrected chi connectivity index (χ1v) is 10.1. The van der Waals surface area contributed by atoms with Crippen molar-refractivity contribution in [2.45, 2.75) is 43.2 Å². The molecule has 0 bridgehead atoms. The molecule has 0 saturated carbocycles. The molecule has 2 saturated heterocycles. The van der Waals surface area contributed by atoms with Gasteiger partial charge in [-0.25, -0.2) is 8.42 Å². The van der Waals surface area contributed by atoms with Crippen LogP contribution in [0.4, 0.5) is 0 Å². The predicted molar refractivity (Wildman–Crippen MR) is 88.8 cm³/mol. The van der Waals surface area contributed by atoms with Crippen LogP contribution in [0.25, 0.3) is 0 Å². The fourth-order valence-electron chi connectivity index (χ4n) is 3.73. The van der Waals surface area contributed by atoms with Gasteiger partial charge in [0.05, 0.1) is 4.90 Å². The maximum atomic E-state index is 11.5. The van der Waals surface area contributed by atoms with Crippen LogP contribution in [-0.4, -0.2) is 56.7 Å². The van der Waals surface area contributed by atoms with Crippen molar-refractivity contribution in [2.75, 3.05) is 32.4 Å². The summed E-state index contributed by atoms with van der Waals surface area (Å²) in [7, 11) is -3.10. The summed E-state index contributed by atoms with van der Waals surface area (Å²) in [5.41, 5.74) is 1.20. The van der Waals surface area contributed by atoms with Gasteiger partial charge in [-0.15, -0.1) is 0 Å². The molecule has 2 aliphatic rings. The van der Waals surface area contributed by atoms with Crippen LogP contribution in [0.2, 0.25) is 0 Å². The highest BCUT2D eigenvalue weighted by molar-refractivity contribution is 7.90. The van der Waals surface area contributed by atoms with Crippen LogP contribution >= 0.6 is 0 Å². The van der Waals surface area contributed by atoms with Gasteiger partial charge in [-0.1, -0.05) is 12.1 Å². The quantitative estimate of drug-likeness (QED) is 0.853. The van der Waals surface area contributed by atoms with Crippen molar-refractivity contribution >= 4 is 9.84 Å². The molecule has 0 N–H and O–H groups in total. The second-order valence-corrected chi connectivity index (χ2v) is 8.71. The minimum absolute atomic E-state index is 0.348. The molecule has 4 nitrogen and oxygen atoms in total. The summed E-state index contributed by atoms with van der Waals surface area (Å²) in [6.45, 7) is 7.01. The standard InChI is InChI=1S/C17H26N2O2S/c1-14(15-5-7-17(8-6-15)22(2,20)21)19-12-9-16(13-19)18-10-3-4-11-18/h5-8,14,16H,3-4,9-13H2,1-2H3. The van der Waals surface area contributed by atoms with Crippen LogP contribution < -0.4 is 0 Å². The van der Waals surface area contributed by atoms with Crippen molar-refractivity contribution in [3.63, 3.8) is 0 Å². The second kappa shape index (κ2) is 6.30. The van der Waals surface area contributed by atoms with E-state index in [2.05, 4.69) is 16.7 Å². The lowest BCUT2D eigenvalue weighted by Crippen LogP contribution is -2.35. The Kier molecular flexibility index (Phi) is 4.57. The van der Waals surface area contributed by atoms with Gasteiger partial charge in [-0.05, 0) is 57.0 Å². The highest BCUT2D eigenvalue weighted by Crippen LogP contribution is 2.28. The summed E-state index contributed by atoms with van der Waals surface area (Å²) >= 11 is 0. The maximum absolute atomic E-state index is 11.5. The number of nitrogens with zero attached hydrogens (tertiary/aromatic N) is 2. The first-order valence-electron chi connectivity index (χ1n) is 8.23. The normalized spacial score (nSPS) is 25.6. The van der Waals surface area contributed by atoms with E-state index in [1.807, 2.05) is 12.1 Å². The average Bonchev–Trinajstić information content (AvgIpc) is 3.16. The molecular formula is C17H26N2O2S. The summed E-state index contributed by atoms with van der Waals surface area (Å²) in [5, 5.41) is 0. The number of likely N-dealkylation sites (tertiary alicyclic amines) is 2. The number of hydrogen-bond acceptors (Lipinski definition) is 4. The van der Waals surface area contributed by atoms with Crippen molar-refractivity contribution in [1.29, 1.82) is 0 Å². The smallest absolute Gasteiger partial charge is 0.175 e. The van der Waals surface area contributed by atoms with Crippen LogP contribution in [0.1, 0.15) is 37.8 Å². The summed E-state index contributed by atoms with van der Waals surface area (Å²) in [6, 6.07) is 8.44. The van der Waals surface area contributed by atoms with Gasteiger partial charge >= 0.3 is 0 Å². The largest absolute Gasteiger partial charge is 0.299 e.